The first-order valence-corrected chi connectivity index (χ1v) is 13.9. The lowest BCUT2D eigenvalue weighted by molar-refractivity contribution is -0.177. The van der Waals surface area contributed by atoms with E-state index in [4.69, 9.17) is 9.47 Å². The van der Waals surface area contributed by atoms with Gasteiger partial charge in [-0.3, -0.25) is 4.90 Å². The molecular formula is C31H39N3O3. The molecule has 2 unspecified atom stereocenters. The minimum atomic E-state index is -0.374. The smallest absolute Gasteiger partial charge is 0.341 e. The zero-order valence-corrected chi connectivity index (χ0v) is 22.5. The number of nitrogens with zero attached hydrogens (tertiary/aromatic N) is 2. The van der Waals surface area contributed by atoms with Crippen molar-refractivity contribution in [3.63, 3.8) is 0 Å². The molecule has 0 bridgehead atoms. The van der Waals surface area contributed by atoms with Crippen molar-refractivity contribution in [2.24, 2.45) is 5.92 Å². The molecule has 2 aromatic carbocycles. The molecule has 6 heteroatoms. The number of benzene rings is 2. The number of piperidine rings is 2. The molecule has 6 rings (SSSR count). The van der Waals surface area contributed by atoms with Gasteiger partial charge < -0.3 is 19.4 Å². The van der Waals surface area contributed by atoms with Gasteiger partial charge in [-0.15, -0.1) is 0 Å². The number of rotatable bonds is 5. The quantitative estimate of drug-likeness (QED) is 0.445. The molecule has 0 radical (unpaired) electrons. The summed E-state index contributed by atoms with van der Waals surface area (Å²) in [5.41, 5.74) is 4.46. The van der Waals surface area contributed by atoms with Gasteiger partial charge in [0.05, 0.1) is 5.56 Å². The lowest BCUT2D eigenvalue weighted by Gasteiger charge is -2.56. The molecule has 0 amide bonds. The van der Waals surface area contributed by atoms with Crippen LogP contribution in [0.5, 0.6) is 5.75 Å². The van der Waals surface area contributed by atoms with Crippen molar-refractivity contribution in [2.45, 2.75) is 70.2 Å². The molecule has 6 nitrogen and oxygen atoms in total. The Morgan fingerprint density at radius 2 is 1.92 bits per heavy atom. The molecular weight excluding hydrogens is 462 g/mol. The third-order valence-corrected chi connectivity index (χ3v) is 9.14. The van der Waals surface area contributed by atoms with E-state index in [1.807, 2.05) is 51.4 Å². The van der Waals surface area contributed by atoms with Gasteiger partial charge in [-0.2, -0.15) is 0 Å². The molecule has 4 atom stereocenters. The van der Waals surface area contributed by atoms with Crippen LogP contribution in [-0.4, -0.2) is 59.7 Å². The topological polar surface area (TPSA) is 57.8 Å². The Kier molecular flexibility index (Phi) is 6.28. The highest BCUT2D eigenvalue weighted by atomic mass is 16.5. The molecule has 4 heterocycles. The number of H-pyrrole nitrogens is 1. The van der Waals surface area contributed by atoms with Crippen molar-refractivity contribution >= 4 is 16.9 Å². The number of hydrogen-bond donors (Lipinski definition) is 1. The summed E-state index contributed by atoms with van der Waals surface area (Å²) in [4.78, 5) is 22.1. The maximum atomic E-state index is 13.9. The van der Waals surface area contributed by atoms with Gasteiger partial charge in [-0.05, 0) is 77.7 Å². The molecule has 2 fully saturated rings. The molecule has 37 heavy (non-hydrogen) atoms. The van der Waals surface area contributed by atoms with Gasteiger partial charge in [0, 0.05) is 53.6 Å². The van der Waals surface area contributed by atoms with Gasteiger partial charge in [-0.25, -0.2) is 4.79 Å². The molecule has 3 aliphatic rings. The standard InChI is InChI=1S/C31H39N3O3/c1-20-27(30(35)36-29(21(2)33(3)4)22-11-6-5-7-12-22)28-24-19-23-13-10-18-34-17-9-8-16-31(23,34)37-26(24)15-14-25(28)32-20/h5-7,11-12,14-15,21,23,29,32H,8-10,13,16-19H2,1-4H3/t21-,23?,29-,31?/m1/s1. The number of aromatic nitrogens is 1. The number of esters is 1. The first-order valence-electron chi connectivity index (χ1n) is 13.9. The first-order chi connectivity index (χ1) is 17.9. The molecule has 196 valence electrons. The fraction of sp³-hybridized carbons (Fsp3) is 0.516. The van der Waals surface area contributed by atoms with Gasteiger partial charge in [0.15, 0.2) is 5.72 Å². The lowest BCUT2D eigenvalue weighted by atomic mass is 9.74. The number of aryl methyl sites for hydroxylation is 1. The zero-order chi connectivity index (χ0) is 25.7. The lowest BCUT2D eigenvalue weighted by Crippen LogP contribution is -2.64. The van der Waals surface area contributed by atoms with Crippen LogP contribution in [-0.2, 0) is 11.2 Å². The van der Waals surface area contributed by atoms with E-state index < -0.39 is 0 Å². The molecule has 1 aromatic heterocycles. The van der Waals surface area contributed by atoms with Crippen LogP contribution in [0.25, 0.3) is 10.9 Å². The van der Waals surface area contributed by atoms with E-state index in [0.717, 1.165) is 59.4 Å². The Bertz CT molecular complexity index is 1300. The number of nitrogens with one attached hydrogen (secondary N) is 1. The number of carbonyl (C=O) groups excluding carboxylic acids is 1. The third-order valence-electron chi connectivity index (χ3n) is 9.14. The number of fused-ring (bicyclic) bond motifs is 3. The van der Waals surface area contributed by atoms with Crippen molar-refractivity contribution in [3.05, 3.63) is 64.8 Å². The van der Waals surface area contributed by atoms with E-state index in [9.17, 15) is 4.79 Å². The van der Waals surface area contributed by atoms with Crippen LogP contribution < -0.4 is 4.74 Å². The summed E-state index contributed by atoms with van der Waals surface area (Å²) in [7, 11) is 4.04. The Hall–Kier alpha value is -2.83. The highest BCUT2D eigenvalue weighted by Crippen LogP contribution is 2.50. The number of hydrogen-bond acceptors (Lipinski definition) is 5. The van der Waals surface area contributed by atoms with Gasteiger partial charge in [0.2, 0.25) is 0 Å². The third kappa shape index (κ3) is 4.05. The summed E-state index contributed by atoms with van der Waals surface area (Å²) in [6.07, 6.45) is 6.52. The zero-order valence-electron chi connectivity index (χ0n) is 22.5. The van der Waals surface area contributed by atoms with E-state index in [0.29, 0.717) is 11.5 Å². The minimum Gasteiger partial charge on any atom is -0.472 e. The Labute approximate surface area is 219 Å². The summed E-state index contributed by atoms with van der Waals surface area (Å²) in [5.74, 6) is 1.11. The van der Waals surface area contributed by atoms with Crippen molar-refractivity contribution in [1.29, 1.82) is 0 Å². The van der Waals surface area contributed by atoms with Crippen molar-refractivity contribution in [1.82, 2.24) is 14.8 Å². The summed E-state index contributed by atoms with van der Waals surface area (Å²) >= 11 is 0. The van der Waals surface area contributed by atoms with Crippen molar-refractivity contribution in [2.75, 3.05) is 27.2 Å². The molecule has 1 N–H and O–H groups in total. The predicted molar refractivity (Wildman–Crippen MR) is 146 cm³/mol. The molecule has 3 aromatic rings. The maximum absolute atomic E-state index is 13.9. The van der Waals surface area contributed by atoms with Crippen molar-refractivity contribution < 1.29 is 14.3 Å². The van der Waals surface area contributed by atoms with E-state index in [1.54, 1.807) is 0 Å². The van der Waals surface area contributed by atoms with Gasteiger partial charge in [0.25, 0.3) is 0 Å². The van der Waals surface area contributed by atoms with E-state index in [2.05, 4.69) is 33.8 Å². The van der Waals surface area contributed by atoms with Crippen LogP contribution in [0.3, 0.4) is 0 Å². The fourth-order valence-electron chi connectivity index (χ4n) is 7.00. The molecule has 0 aliphatic carbocycles. The van der Waals surface area contributed by atoms with Crippen LogP contribution >= 0.6 is 0 Å². The molecule has 0 saturated carbocycles. The Morgan fingerprint density at radius 1 is 1.14 bits per heavy atom. The summed E-state index contributed by atoms with van der Waals surface area (Å²) < 4.78 is 13.3. The first kappa shape index (κ1) is 24.5. The van der Waals surface area contributed by atoms with Crippen LogP contribution in [0.2, 0.25) is 0 Å². The monoisotopic (exact) mass is 501 g/mol. The SMILES string of the molecule is Cc1[nH]c2ccc3c(c2c1C(=O)O[C@@H](c1ccccc1)[C@@H](C)N(C)C)CC1CCCN2CCCCC12O3. The van der Waals surface area contributed by atoms with Gasteiger partial charge in [0.1, 0.15) is 11.9 Å². The van der Waals surface area contributed by atoms with Crippen LogP contribution in [0.4, 0.5) is 0 Å². The average molecular weight is 502 g/mol. The second-order valence-electron chi connectivity index (χ2n) is 11.5. The fourth-order valence-corrected chi connectivity index (χ4v) is 7.00. The second kappa shape index (κ2) is 9.48. The van der Waals surface area contributed by atoms with Crippen molar-refractivity contribution in [3.8, 4) is 5.75 Å². The number of aromatic amines is 1. The maximum Gasteiger partial charge on any atom is 0.341 e. The molecule has 2 saturated heterocycles. The van der Waals surface area contributed by atoms with E-state index >= 15 is 0 Å². The largest absolute Gasteiger partial charge is 0.472 e. The van der Waals surface area contributed by atoms with E-state index in [1.165, 1.54) is 25.7 Å². The Morgan fingerprint density at radius 3 is 2.70 bits per heavy atom. The van der Waals surface area contributed by atoms with Gasteiger partial charge >= 0.3 is 5.97 Å². The van der Waals surface area contributed by atoms with E-state index in [-0.39, 0.29) is 23.8 Å². The number of ether oxygens (including phenoxy) is 2. The Balaban J connectivity index is 1.40. The number of carbonyl (C=O) groups is 1. The normalized spacial score (nSPS) is 25.1. The summed E-state index contributed by atoms with van der Waals surface area (Å²) in [6, 6.07) is 14.3. The number of likely N-dealkylation sites (N-methyl/N-ethyl adjacent to an activating group) is 1. The highest BCUT2D eigenvalue weighted by Gasteiger charge is 2.52. The molecule has 1 spiro atoms. The van der Waals surface area contributed by atoms with Crippen LogP contribution in [0, 0.1) is 12.8 Å². The second-order valence-corrected chi connectivity index (χ2v) is 11.5. The van der Waals surface area contributed by atoms with Gasteiger partial charge in [-0.1, -0.05) is 30.3 Å². The average Bonchev–Trinajstić information content (AvgIpc) is 3.25. The van der Waals surface area contributed by atoms with Crippen LogP contribution in [0.1, 0.15) is 72.3 Å². The summed E-state index contributed by atoms with van der Waals surface area (Å²) in [6.45, 7) is 6.32. The predicted octanol–water partition coefficient (Wildman–Crippen LogP) is 5.85. The summed E-state index contributed by atoms with van der Waals surface area (Å²) in [5, 5.41) is 0.979. The van der Waals surface area contributed by atoms with Crippen LogP contribution in [0.15, 0.2) is 42.5 Å². The highest BCUT2D eigenvalue weighted by molar-refractivity contribution is 6.07. The molecule has 3 aliphatic heterocycles. The minimum absolute atomic E-state index is 0.0218.